The van der Waals surface area contributed by atoms with E-state index in [0.29, 0.717) is 29.6 Å². The van der Waals surface area contributed by atoms with Crippen molar-refractivity contribution in [1.29, 1.82) is 0 Å². The molecule has 0 radical (unpaired) electrons. The van der Waals surface area contributed by atoms with Gasteiger partial charge in [0.1, 0.15) is 17.3 Å². The first-order valence-electron chi connectivity index (χ1n) is 8.17. The van der Waals surface area contributed by atoms with Gasteiger partial charge < -0.3 is 10.6 Å². The van der Waals surface area contributed by atoms with Gasteiger partial charge in [-0.05, 0) is 25.0 Å². The third-order valence-electron chi connectivity index (χ3n) is 4.06. The smallest absolute Gasteiger partial charge is 0.270 e. The number of benzene rings is 1. The monoisotopic (exact) mass is 394 g/mol. The minimum Gasteiger partial charge on any atom is -0.366 e. The van der Waals surface area contributed by atoms with E-state index in [1.54, 1.807) is 19.1 Å². The average molecular weight is 395 g/mol. The van der Waals surface area contributed by atoms with Gasteiger partial charge in [0, 0.05) is 23.7 Å². The second-order valence-corrected chi connectivity index (χ2v) is 8.84. The number of carbonyl (C=O) groups is 1. The van der Waals surface area contributed by atoms with Crippen LogP contribution in [0.25, 0.3) is 0 Å². The van der Waals surface area contributed by atoms with E-state index in [4.69, 9.17) is 11.6 Å². The number of amides is 1. The average Bonchev–Trinajstić information content (AvgIpc) is 2.92. The number of carbonyl (C=O) groups excluding carboxylic acids is 1. The Balaban J connectivity index is 1.69. The second kappa shape index (κ2) is 7.59. The van der Waals surface area contributed by atoms with Crippen molar-refractivity contribution >= 4 is 33.2 Å². The molecule has 26 heavy (non-hydrogen) atoms. The fourth-order valence-electron chi connectivity index (χ4n) is 2.77. The van der Waals surface area contributed by atoms with Crippen LogP contribution in [-0.2, 0) is 16.4 Å². The first kappa shape index (κ1) is 18.6. The molecule has 1 fully saturated rings. The number of sulfone groups is 1. The zero-order valence-electron chi connectivity index (χ0n) is 14.2. The predicted molar refractivity (Wildman–Crippen MR) is 100 cm³/mol. The number of nitrogens with one attached hydrogen (secondary N) is 2. The molecule has 9 heteroatoms. The second-order valence-electron chi connectivity index (χ2n) is 6.20. The van der Waals surface area contributed by atoms with Crippen molar-refractivity contribution in [3.63, 3.8) is 0 Å². The van der Waals surface area contributed by atoms with Gasteiger partial charge in [-0.3, -0.25) is 4.79 Å². The zero-order chi connectivity index (χ0) is 18.7. The molecular formula is C17H19ClN4O3S. The van der Waals surface area contributed by atoms with Crippen LogP contribution in [0.1, 0.15) is 28.3 Å². The summed E-state index contributed by atoms with van der Waals surface area (Å²) in [5.41, 5.74) is 1.11. The van der Waals surface area contributed by atoms with Gasteiger partial charge in [-0.2, -0.15) is 0 Å². The third-order valence-corrected chi connectivity index (χ3v) is 6.19. The maximum absolute atomic E-state index is 12.4. The summed E-state index contributed by atoms with van der Waals surface area (Å²) in [7, 11) is -3.06. The molecule has 1 aliphatic rings. The molecule has 2 heterocycles. The van der Waals surface area contributed by atoms with Crippen LogP contribution in [0.4, 0.5) is 5.82 Å². The number of aryl methyl sites for hydroxylation is 1. The highest BCUT2D eigenvalue weighted by atomic mass is 35.5. The van der Waals surface area contributed by atoms with E-state index < -0.39 is 15.7 Å². The summed E-state index contributed by atoms with van der Waals surface area (Å²) in [6.07, 6.45) is 0.426. The summed E-state index contributed by atoms with van der Waals surface area (Å²) in [6.45, 7) is 2.15. The predicted octanol–water partition coefficient (Wildman–Crippen LogP) is 1.97. The van der Waals surface area contributed by atoms with Gasteiger partial charge >= 0.3 is 0 Å². The molecule has 1 atom stereocenters. The number of hydrogen-bond acceptors (Lipinski definition) is 6. The highest BCUT2D eigenvalue weighted by Gasteiger charge is 2.29. The zero-order valence-corrected chi connectivity index (χ0v) is 15.8. The maximum atomic E-state index is 12.4. The van der Waals surface area contributed by atoms with Crippen LogP contribution in [0.5, 0.6) is 0 Å². The lowest BCUT2D eigenvalue weighted by Crippen LogP contribution is -2.36. The van der Waals surface area contributed by atoms with E-state index in [1.165, 1.54) is 0 Å². The molecule has 1 unspecified atom stereocenters. The van der Waals surface area contributed by atoms with E-state index in [0.717, 1.165) is 5.56 Å². The van der Waals surface area contributed by atoms with Crippen LogP contribution < -0.4 is 10.6 Å². The Kier molecular flexibility index (Phi) is 5.43. The van der Waals surface area contributed by atoms with Crippen molar-refractivity contribution in [1.82, 2.24) is 15.3 Å². The standard InChI is InChI=1S/C17H19ClN4O3S/c1-11-20-15(17(23)22-13-6-7-26(24,25)10-13)8-16(21-11)19-9-12-4-2-3-5-14(12)18/h2-5,8,13H,6-7,9-10H2,1H3,(H,22,23)(H,19,20,21). The van der Waals surface area contributed by atoms with E-state index in [2.05, 4.69) is 20.6 Å². The number of hydrogen-bond donors (Lipinski definition) is 2. The molecular weight excluding hydrogens is 376 g/mol. The van der Waals surface area contributed by atoms with E-state index >= 15 is 0 Å². The molecule has 1 aliphatic heterocycles. The first-order valence-corrected chi connectivity index (χ1v) is 10.4. The molecule has 0 aliphatic carbocycles. The topological polar surface area (TPSA) is 101 Å². The lowest BCUT2D eigenvalue weighted by molar-refractivity contribution is 0.0935. The molecule has 3 rings (SSSR count). The summed E-state index contributed by atoms with van der Waals surface area (Å²) in [5, 5.41) is 6.51. The Morgan fingerprint density at radius 2 is 2.08 bits per heavy atom. The van der Waals surface area contributed by atoms with Gasteiger partial charge in [-0.25, -0.2) is 18.4 Å². The molecule has 1 aromatic heterocycles. The lowest BCUT2D eigenvalue weighted by atomic mass is 10.2. The van der Waals surface area contributed by atoms with Crippen LogP contribution in [0.15, 0.2) is 30.3 Å². The molecule has 0 saturated carbocycles. The van der Waals surface area contributed by atoms with Crippen molar-refractivity contribution in [2.24, 2.45) is 0 Å². The Hall–Kier alpha value is -2.19. The maximum Gasteiger partial charge on any atom is 0.270 e. The molecule has 0 spiro atoms. The highest BCUT2D eigenvalue weighted by molar-refractivity contribution is 7.91. The van der Waals surface area contributed by atoms with E-state index in [9.17, 15) is 13.2 Å². The first-order chi connectivity index (χ1) is 12.3. The third kappa shape index (κ3) is 4.70. The quantitative estimate of drug-likeness (QED) is 0.804. The van der Waals surface area contributed by atoms with Crippen LogP contribution >= 0.6 is 11.6 Å². The van der Waals surface area contributed by atoms with Gasteiger partial charge in [0.2, 0.25) is 0 Å². The van der Waals surface area contributed by atoms with E-state index in [1.807, 2.05) is 18.2 Å². The number of rotatable bonds is 5. The highest BCUT2D eigenvalue weighted by Crippen LogP contribution is 2.17. The summed E-state index contributed by atoms with van der Waals surface area (Å²) in [5.74, 6) is 0.615. The lowest BCUT2D eigenvalue weighted by Gasteiger charge is -2.12. The number of halogens is 1. The molecule has 2 aromatic rings. The van der Waals surface area contributed by atoms with Crippen molar-refractivity contribution in [2.45, 2.75) is 25.9 Å². The number of anilines is 1. The van der Waals surface area contributed by atoms with Gasteiger partial charge in [0.15, 0.2) is 9.84 Å². The van der Waals surface area contributed by atoms with Gasteiger partial charge in [-0.15, -0.1) is 0 Å². The summed E-state index contributed by atoms with van der Waals surface area (Å²) in [4.78, 5) is 20.8. The van der Waals surface area contributed by atoms with Gasteiger partial charge in [0.25, 0.3) is 5.91 Å². The molecule has 7 nitrogen and oxygen atoms in total. The van der Waals surface area contributed by atoms with Crippen molar-refractivity contribution < 1.29 is 13.2 Å². The minimum atomic E-state index is -3.06. The molecule has 1 amide bonds. The van der Waals surface area contributed by atoms with Crippen LogP contribution in [0.2, 0.25) is 5.02 Å². The van der Waals surface area contributed by atoms with Crippen molar-refractivity contribution in [2.75, 3.05) is 16.8 Å². The van der Waals surface area contributed by atoms with Crippen molar-refractivity contribution in [3.8, 4) is 0 Å². The Labute approximate surface area is 157 Å². The van der Waals surface area contributed by atoms with Gasteiger partial charge in [0.05, 0.1) is 11.5 Å². The molecule has 1 saturated heterocycles. The Morgan fingerprint density at radius 3 is 2.77 bits per heavy atom. The molecule has 1 aromatic carbocycles. The summed E-state index contributed by atoms with van der Waals surface area (Å²) >= 11 is 6.14. The van der Waals surface area contributed by atoms with E-state index in [-0.39, 0.29) is 23.2 Å². The largest absolute Gasteiger partial charge is 0.366 e. The number of aromatic nitrogens is 2. The normalized spacial score (nSPS) is 18.5. The minimum absolute atomic E-state index is 0.0274. The van der Waals surface area contributed by atoms with Crippen LogP contribution in [-0.4, -0.2) is 41.8 Å². The van der Waals surface area contributed by atoms with Crippen LogP contribution in [0, 0.1) is 6.92 Å². The number of nitrogens with zero attached hydrogens (tertiary/aromatic N) is 2. The fourth-order valence-corrected chi connectivity index (χ4v) is 4.65. The molecule has 2 N–H and O–H groups in total. The summed E-state index contributed by atoms with van der Waals surface area (Å²) < 4.78 is 23.0. The molecule has 0 bridgehead atoms. The summed E-state index contributed by atoms with van der Waals surface area (Å²) in [6, 6.07) is 8.62. The van der Waals surface area contributed by atoms with Crippen molar-refractivity contribution in [3.05, 3.63) is 52.4 Å². The Morgan fingerprint density at radius 1 is 1.31 bits per heavy atom. The van der Waals surface area contributed by atoms with Gasteiger partial charge in [-0.1, -0.05) is 29.8 Å². The molecule has 138 valence electrons. The SMILES string of the molecule is Cc1nc(NCc2ccccc2Cl)cc(C(=O)NC2CCS(=O)(=O)C2)n1. The van der Waals surface area contributed by atoms with Crippen LogP contribution in [0.3, 0.4) is 0 Å². The fraction of sp³-hybridized carbons (Fsp3) is 0.353. The Bertz CT molecular complexity index is 933.